The molecule has 0 aromatic rings. The topological polar surface area (TPSA) is 116 Å². The summed E-state index contributed by atoms with van der Waals surface area (Å²) in [6.45, 7) is 0. The van der Waals surface area contributed by atoms with Crippen LogP contribution >= 0.6 is 0 Å². The first-order valence-corrected chi connectivity index (χ1v) is 7.49. The first-order chi connectivity index (χ1) is 9.97. The van der Waals surface area contributed by atoms with Gasteiger partial charge in [0.1, 0.15) is 6.04 Å². The second-order valence-corrected chi connectivity index (χ2v) is 6.45. The standard InChI is InChI=1S/C14H20N2O5/c17-9(18)4-3-8(13(19)20)15-14(21)16-12-10-6-1-2-7(5-6)11(10)12/h6-8,10-12H,1-5H2,(H,17,18)(H,19,20)(H2,15,16,21). The average molecular weight is 296 g/mol. The molecule has 0 aliphatic heterocycles. The predicted molar refractivity (Wildman–Crippen MR) is 71.6 cm³/mol. The lowest BCUT2D eigenvalue weighted by molar-refractivity contribution is -0.140. The molecular formula is C14H20N2O5. The van der Waals surface area contributed by atoms with Crippen molar-refractivity contribution in [3.8, 4) is 0 Å². The van der Waals surface area contributed by atoms with Crippen LogP contribution in [0.2, 0.25) is 0 Å². The molecule has 3 aliphatic carbocycles. The molecule has 3 rings (SSSR count). The van der Waals surface area contributed by atoms with E-state index < -0.39 is 24.0 Å². The zero-order valence-electron chi connectivity index (χ0n) is 11.6. The van der Waals surface area contributed by atoms with Gasteiger partial charge in [-0.15, -0.1) is 0 Å². The van der Waals surface area contributed by atoms with Crippen LogP contribution in [0.25, 0.3) is 0 Å². The summed E-state index contributed by atoms with van der Waals surface area (Å²) < 4.78 is 0. The second-order valence-electron chi connectivity index (χ2n) is 6.45. The Hall–Kier alpha value is -1.79. The molecule has 3 fully saturated rings. The summed E-state index contributed by atoms with van der Waals surface area (Å²) in [5.74, 6) is 0.341. The van der Waals surface area contributed by atoms with Gasteiger partial charge in [-0.1, -0.05) is 0 Å². The molecule has 7 heteroatoms. The van der Waals surface area contributed by atoms with Crippen LogP contribution in [0.5, 0.6) is 0 Å². The highest BCUT2D eigenvalue weighted by molar-refractivity contribution is 5.83. The second kappa shape index (κ2) is 5.20. The fourth-order valence-corrected chi connectivity index (χ4v) is 4.39. The van der Waals surface area contributed by atoms with Gasteiger partial charge >= 0.3 is 18.0 Å². The van der Waals surface area contributed by atoms with Crippen LogP contribution in [0.4, 0.5) is 4.79 Å². The van der Waals surface area contributed by atoms with E-state index >= 15 is 0 Å². The summed E-state index contributed by atoms with van der Waals surface area (Å²) in [4.78, 5) is 33.4. The normalized spacial score (nSPS) is 36.7. The number of aliphatic carboxylic acids is 2. The smallest absolute Gasteiger partial charge is 0.326 e. The number of hydrogen-bond acceptors (Lipinski definition) is 3. The van der Waals surface area contributed by atoms with E-state index in [0.29, 0.717) is 11.8 Å². The van der Waals surface area contributed by atoms with E-state index in [0.717, 1.165) is 11.8 Å². The lowest BCUT2D eigenvalue weighted by atomic mass is 10.0. The molecule has 5 unspecified atom stereocenters. The van der Waals surface area contributed by atoms with Crippen LogP contribution in [0.15, 0.2) is 0 Å². The average Bonchev–Trinajstić information content (AvgIpc) is 2.82. The van der Waals surface area contributed by atoms with Crippen LogP contribution in [0.3, 0.4) is 0 Å². The number of carbonyl (C=O) groups is 3. The molecule has 0 saturated heterocycles. The Morgan fingerprint density at radius 1 is 1.10 bits per heavy atom. The van der Waals surface area contributed by atoms with Gasteiger partial charge in [0.15, 0.2) is 0 Å². The van der Waals surface area contributed by atoms with Gasteiger partial charge in [0.25, 0.3) is 0 Å². The van der Waals surface area contributed by atoms with Gasteiger partial charge in [0.05, 0.1) is 0 Å². The maximum atomic E-state index is 11.9. The largest absolute Gasteiger partial charge is 0.481 e. The molecule has 0 radical (unpaired) electrons. The number of amides is 2. The Labute approximate surface area is 122 Å². The van der Waals surface area contributed by atoms with Crippen molar-refractivity contribution in [2.24, 2.45) is 23.7 Å². The van der Waals surface area contributed by atoms with E-state index in [1.54, 1.807) is 0 Å². The summed E-state index contributed by atoms with van der Waals surface area (Å²) in [6, 6.07) is -1.46. The van der Waals surface area contributed by atoms with Crippen molar-refractivity contribution in [3.63, 3.8) is 0 Å². The SMILES string of the molecule is O=C(O)CCC(NC(=O)NC1C2C3CCC(C3)C12)C(=O)O. The quantitative estimate of drug-likeness (QED) is 0.574. The van der Waals surface area contributed by atoms with Crippen molar-refractivity contribution < 1.29 is 24.6 Å². The summed E-state index contributed by atoms with van der Waals surface area (Å²) >= 11 is 0. The third kappa shape index (κ3) is 2.69. The minimum absolute atomic E-state index is 0.110. The molecule has 7 nitrogen and oxygen atoms in total. The number of fused-ring (bicyclic) bond motifs is 5. The van der Waals surface area contributed by atoms with Gasteiger partial charge in [-0.3, -0.25) is 4.79 Å². The van der Waals surface area contributed by atoms with Crippen LogP contribution in [0.1, 0.15) is 32.1 Å². The number of nitrogens with one attached hydrogen (secondary N) is 2. The molecular weight excluding hydrogens is 276 g/mol. The molecule has 3 aliphatic rings. The Bertz CT molecular complexity index is 464. The zero-order chi connectivity index (χ0) is 15.1. The lowest BCUT2D eigenvalue weighted by Crippen LogP contribution is -2.47. The van der Waals surface area contributed by atoms with E-state index in [1.165, 1.54) is 19.3 Å². The van der Waals surface area contributed by atoms with Gasteiger partial charge in [-0.05, 0) is 49.4 Å². The van der Waals surface area contributed by atoms with Crippen molar-refractivity contribution in [2.45, 2.75) is 44.2 Å². The molecule has 0 heterocycles. The summed E-state index contributed by atoms with van der Waals surface area (Å²) in [6.07, 6.45) is 3.40. The van der Waals surface area contributed by atoms with Crippen molar-refractivity contribution in [3.05, 3.63) is 0 Å². The number of urea groups is 1. The highest BCUT2D eigenvalue weighted by Gasteiger charge is 2.65. The number of carboxylic acid groups (broad SMARTS) is 2. The van der Waals surface area contributed by atoms with Crippen LogP contribution in [0, 0.1) is 23.7 Å². The van der Waals surface area contributed by atoms with Crippen LogP contribution in [-0.4, -0.2) is 40.3 Å². The molecule has 116 valence electrons. The lowest BCUT2D eigenvalue weighted by Gasteiger charge is -2.16. The predicted octanol–water partition coefficient (Wildman–Crippen LogP) is 0.648. The minimum Gasteiger partial charge on any atom is -0.481 e. The highest BCUT2D eigenvalue weighted by atomic mass is 16.4. The highest BCUT2D eigenvalue weighted by Crippen LogP contribution is 2.65. The van der Waals surface area contributed by atoms with Crippen molar-refractivity contribution in [1.29, 1.82) is 0 Å². The Morgan fingerprint density at radius 3 is 2.24 bits per heavy atom. The fraction of sp³-hybridized carbons (Fsp3) is 0.786. The van der Waals surface area contributed by atoms with Gasteiger partial charge in [0, 0.05) is 12.5 Å². The van der Waals surface area contributed by atoms with Crippen molar-refractivity contribution >= 4 is 18.0 Å². The fourth-order valence-electron chi connectivity index (χ4n) is 4.39. The molecule has 2 bridgehead atoms. The number of hydrogen-bond donors (Lipinski definition) is 4. The third-order valence-corrected chi connectivity index (χ3v) is 5.28. The molecule has 0 aromatic carbocycles. The zero-order valence-corrected chi connectivity index (χ0v) is 11.6. The van der Waals surface area contributed by atoms with Gasteiger partial charge in [0.2, 0.25) is 0 Å². The number of carboxylic acids is 2. The van der Waals surface area contributed by atoms with E-state index in [4.69, 9.17) is 10.2 Å². The first kappa shape index (κ1) is 14.2. The van der Waals surface area contributed by atoms with Crippen LogP contribution < -0.4 is 10.6 Å². The number of rotatable bonds is 6. The Balaban J connectivity index is 1.47. The van der Waals surface area contributed by atoms with Gasteiger partial charge in [-0.25, -0.2) is 9.59 Å². The van der Waals surface area contributed by atoms with Crippen molar-refractivity contribution in [1.82, 2.24) is 10.6 Å². The van der Waals surface area contributed by atoms with Crippen LogP contribution in [-0.2, 0) is 9.59 Å². The maximum absolute atomic E-state index is 11.9. The molecule has 2 amide bonds. The van der Waals surface area contributed by atoms with E-state index in [9.17, 15) is 14.4 Å². The summed E-state index contributed by atoms with van der Waals surface area (Å²) in [7, 11) is 0. The Kier molecular flexibility index (Phi) is 3.51. The third-order valence-electron chi connectivity index (χ3n) is 5.28. The van der Waals surface area contributed by atoms with Gasteiger partial charge in [-0.2, -0.15) is 0 Å². The monoisotopic (exact) mass is 296 g/mol. The minimum atomic E-state index is -1.21. The maximum Gasteiger partial charge on any atom is 0.326 e. The molecule has 4 N–H and O–H groups in total. The molecule has 0 spiro atoms. The molecule has 0 aromatic heterocycles. The van der Waals surface area contributed by atoms with E-state index in [1.807, 2.05) is 0 Å². The molecule has 3 saturated carbocycles. The Morgan fingerprint density at radius 2 is 1.71 bits per heavy atom. The van der Waals surface area contributed by atoms with E-state index in [2.05, 4.69) is 10.6 Å². The molecule has 21 heavy (non-hydrogen) atoms. The van der Waals surface area contributed by atoms with Crippen molar-refractivity contribution in [2.75, 3.05) is 0 Å². The summed E-state index contributed by atoms with van der Waals surface area (Å²) in [5, 5.41) is 22.8. The first-order valence-electron chi connectivity index (χ1n) is 7.49. The molecule has 5 atom stereocenters. The van der Waals surface area contributed by atoms with E-state index in [-0.39, 0.29) is 18.9 Å². The summed E-state index contributed by atoms with van der Waals surface area (Å²) in [5.41, 5.74) is 0. The van der Waals surface area contributed by atoms with Gasteiger partial charge < -0.3 is 20.8 Å². The number of carbonyl (C=O) groups excluding carboxylic acids is 1.